The molecule has 128 valence electrons. The summed E-state index contributed by atoms with van der Waals surface area (Å²) in [6.07, 6.45) is 3.50. The van der Waals surface area contributed by atoms with Crippen LogP contribution in [-0.4, -0.2) is 29.3 Å². The van der Waals surface area contributed by atoms with Crippen molar-refractivity contribution in [2.24, 2.45) is 0 Å². The van der Waals surface area contributed by atoms with Crippen LogP contribution in [0.5, 0.6) is 5.75 Å². The first-order valence-corrected chi connectivity index (χ1v) is 8.05. The van der Waals surface area contributed by atoms with E-state index in [1.165, 1.54) is 7.11 Å². The third-order valence-corrected chi connectivity index (χ3v) is 4.58. The number of methoxy groups -OCH3 is 1. The van der Waals surface area contributed by atoms with Crippen LogP contribution in [0, 0.1) is 0 Å². The SMILES string of the molecule is COc1cc(C(CC(=O)O)CC(=O)O)cc2c3c(oc12)CCCC3. The van der Waals surface area contributed by atoms with Gasteiger partial charge >= 0.3 is 11.9 Å². The predicted molar refractivity (Wildman–Crippen MR) is 86.7 cm³/mol. The molecule has 0 unspecified atom stereocenters. The van der Waals surface area contributed by atoms with Crippen LogP contribution in [0.25, 0.3) is 11.0 Å². The topological polar surface area (TPSA) is 97.0 Å². The van der Waals surface area contributed by atoms with Crippen LogP contribution in [0.3, 0.4) is 0 Å². The molecular formula is C18H20O6. The summed E-state index contributed by atoms with van der Waals surface area (Å²) in [6.45, 7) is 0. The molecule has 0 fully saturated rings. The Morgan fingerprint density at radius 3 is 2.46 bits per heavy atom. The minimum absolute atomic E-state index is 0.235. The lowest BCUT2D eigenvalue weighted by Gasteiger charge is -2.15. The van der Waals surface area contributed by atoms with Crippen molar-refractivity contribution in [3.8, 4) is 5.75 Å². The number of hydrogen-bond donors (Lipinski definition) is 2. The van der Waals surface area contributed by atoms with E-state index in [4.69, 9.17) is 19.4 Å². The van der Waals surface area contributed by atoms with Gasteiger partial charge < -0.3 is 19.4 Å². The molecule has 6 heteroatoms. The number of ether oxygens (including phenoxy) is 1. The van der Waals surface area contributed by atoms with Gasteiger partial charge in [-0.05, 0) is 37.0 Å². The maximum atomic E-state index is 11.1. The molecule has 0 saturated carbocycles. The molecule has 0 amide bonds. The summed E-state index contributed by atoms with van der Waals surface area (Å²) >= 11 is 0. The molecule has 2 N–H and O–H groups in total. The molecule has 1 aromatic carbocycles. The third kappa shape index (κ3) is 3.09. The third-order valence-electron chi connectivity index (χ3n) is 4.58. The molecule has 1 aromatic heterocycles. The second kappa shape index (κ2) is 6.55. The molecule has 1 aliphatic carbocycles. The summed E-state index contributed by atoms with van der Waals surface area (Å²) in [5.74, 6) is -1.16. The molecule has 0 radical (unpaired) electrons. The summed E-state index contributed by atoms with van der Waals surface area (Å²) in [5.41, 5.74) is 2.47. The minimum Gasteiger partial charge on any atom is -0.493 e. The number of rotatable bonds is 6. The van der Waals surface area contributed by atoms with Gasteiger partial charge in [0.2, 0.25) is 0 Å². The van der Waals surface area contributed by atoms with Crippen molar-refractivity contribution in [3.63, 3.8) is 0 Å². The summed E-state index contributed by atoms with van der Waals surface area (Å²) in [7, 11) is 1.53. The fourth-order valence-corrected chi connectivity index (χ4v) is 3.47. The van der Waals surface area contributed by atoms with Crippen LogP contribution in [-0.2, 0) is 22.4 Å². The Bertz CT molecular complexity index is 772. The molecule has 6 nitrogen and oxygen atoms in total. The van der Waals surface area contributed by atoms with Crippen LogP contribution >= 0.6 is 0 Å². The van der Waals surface area contributed by atoms with Crippen molar-refractivity contribution in [2.45, 2.75) is 44.4 Å². The molecule has 0 atom stereocenters. The predicted octanol–water partition coefficient (Wildman–Crippen LogP) is 3.35. The lowest BCUT2D eigenvalue weighted by Crippen LogP contribution is -2.11. The largest absolute Gasteiger partial charge is 0.493 e. The number of carbonyl (C=O) groups is 2. The molecule has 24 heavy (non-hydrogen) atoms. The second-order valence-corrected chi connectivity index (χ2v) is 6.20. The van der Waals surface area contributed by atoms with E-state index in [1.807, 2.05) is 6.07 Å². The van der Waals surface area contributed by atoms with E-state index in [0.717, 1.165) is 42.4 Å². The van der Waals surface area contributed by atoms with Crippen LogP contribution in [0.1, 0.15) is 48.5 Å². The molecule has 2 aromatic rings. The maximum absolute atomic E-state index is 11.1. The zero-order chi connectivity index (χ0) is 17.3. The van der Waals surface area contributed by atoms with Crippen molar-refractivity contribution in [3.05, 3.63) is 29.0 Å². The normalized spacial score (nSPS) is 13.9. The zero-order valence-electron chi connectivity index (χ0n) is 13.5. The van der Waals surface area contributed by atoms with Gasteiger partial charge in [-0.3, -0.25) is 9.59 Å². The van der Waals surface area contributed by atoms with Gasteiger partial charge in [-0.2, -0.15) is 0 Å². The van der Waals surface area contributed by atoms with Gasteiger partial charge in [0.25, 0.3) is 0 Å². The summed E-state index contributed by atoms with van der Waals surface area (Å²) in [4.78, 5) is 22.2. The van der Waals surface area contributed by atoms with E-state index in [2.05, 4.69) is 0 Å². The minimum atomic E-state index is -1.02. The first-order valence-electron chi connectivity index (χ1n) is 8.05. The number of benzene rings is 1. The van der Waals surface area contributed by atoms with Crippen molar-refractivity contribution in [1.29, 1.82) is 0 Å². The fraction of sp³-hybridized carbons (Fsp3) is 0.444. The highest BCUT2D eigenvalue weighted by Gasteiger charge is 2.25. The molecule has 1 heterocycles. The smallest absolute Gasteiger partial charge is 0.303 e. The van der Waals surface area contributed by atoms with Gasteiger partial charge in [-0.15, -0.1) is 0 Å². The van der Waals surface area contributed by atoms with Gasteiger partial charge in [0.05, 0.1) is 20.0 Å². The van der Waals surface area contributed by atoms with Crippen LogP contribution in [0.4, 0.5) is 0 Å². The van der Waals surface area contributed by atoms with E-state index in [9.17, 15) is 9.59 Å². The fourth-order valence-electron chi connectivity index (χ4n) is 3.47. The summed E-state index contributed by atoms with van der Waals surface area (Å²) in [5, 5.41) is 19.1. The molecule has 0 bridgehead atoms. The number of carboxylic acid groups (broad SMARTS) is 2. The van der Waals surface area contributed by atoms with Crippen molar-refractivity contribution in [1.82, 2.24) is 0 Å². The monoisotopic (exact) mass is 332 g/mol. The second-order valence-electron chi connectivity index (χ2n) is 6.20. The number of aliphatic carboxylic acids is 2. The van der Waals surface area contributed by atoms with Gasteiger partial charge in [-0.25, -0.2) is 0 Å². The average molecular weight is 332 g/mol. The van der Waals surface area contributed by atoms with Crippen molar-refractivity contribution < 1.29 is 29.0 Å². The maximum Gasteiger partial charge on any atom is 0.303 e. The van der Waals surface area contributed by atoms with E-state index in [-0.39, 0.29) is 12.8 Å². The van der Waals surface area contributed by atoms with Crippen LogP contribution < -0.4 is 4.74 Å². The first-order chi connectivity index (χ1) is 11.5. The Labute approximate surface area is 139 Å². The number of furan rings is 1. The van der Waals surface area contributed by atoms with Crippen LogP contribution in [0.2, 0.25) is 0 Å². The quantitative estimate of drug-likeness (QED) is 0.842. The molecule has 0 saturated heterocycles. The Kier molecular flexibility index (Phi) is 4.46. The summed E-state index contributed by atoms with van der Waals surface area (Å²) in [6, 6.07) is 3.58. The molecule has 0 spiro atoms. The number of hydrogen-bond acceptors (Lipinski definition) is 4. The highest BCUT2D eigenvalue weighted by molar-refractivity contribution is 5.89. The highest BCUT2D eigenvalue weighted by Crippen LogP contribution is 2.40. The molecule has 0 aliphatic heterocycles. The Morgan fingerprint density at radius 2 is 1.83 bits per heavy atom. The van der Waals surface area contributed by atoms with E-state index in [0.29, 0.717) is 16.9 Å². The molecule has 1 aliphatic rings. The van der Waals surface area contributed by atoms with Gasteiger partial charge in [0.15, 0.2) is 11.3 Å². The van der Waals surface area contributed by atoms with E-state index < -0.39 is 17.9 Å². The molecule has 3 rings (SSSR count). The number of fused-ring (bicyclic) bond motifs is 3. The Hall–Kier alpha value is -2.50. The number of aryl methyl sites for hydroxylation is 2. The van der Waals surface area contributed by atoms with Gasteiger partial charge in [0, 0.05) is 23.3 Å². The van der Waals surface area contributed by atoms with Gasteiger partial charge in [0.1, 0.15) is 5.76 Å². The standard InChI is InChI=1S/C18H20O6/c1-23-15-7-10(11(8-16(19)20)9-17(21)22)6-13-12-4-2-3-5-14(12)24-18(13)15/h6-7,11H,2-5,8-9H2,1H3,(H,19,20)(H,21,22). The zero-order valence-corrected chi connectivity index (χ0v) is 13.5. The van der Waals surface area contributed by atoms with E-state index >= 15 is 0 Å². The van der Waals surface area contributed by atoms with Crippen molar-refractivity contribution in [2.75, 3.05) is 7.11 Å². The van der Waals surface area contributed by atoms with Gasteiger partial charge in [-0.1, -0.05) is 0 Å². The Morgan fingerprint density at radius 1 is 1.17 bits per heavy atom. The molecular weight excluding hydrogens is 312 g/mol. The summed E-state index contributed by atoms with van der Waals surface area (Å²) < 4.78 is 11.4. The van der Waals surface area contributed by atoms with Crippen LogP contribution in [0.15, 0.2) is 16.5 Å². The number of carboxylic acids is 2. The van der Waals surface area contributed by atoms with Crippen molar-refractivity contribution >= 4 is 22.9 Å². The Balaban J connectivity index is 2.12. The lowest BCUT2D eigenvalue weighted by atomic mass is 9.89. The highest BCUT2D eigenvalue weighted by atomic mass is 16.5. The first kappa shape index (κ1) is 16.4. The lowest BCUT2D eigenvalue weighted by molar-refractivity contribution is -0.139. The van der Waals surface area contributed by atoms with E-state index in [1.54, 1.807) is 6.07 Å². The average Bonchev–Trinajstić information content (AvgIpc) is 2.91.